The average Bonchev–Trinajstić information content (AvgIpc) is 3.25. The van der Waals surface area contributed by atoms with Crippen molar-refractivity contribution in [1.29, 1.82) is 0 Å². The van der Waals surface area contributed by atoms with E-state index in [9.17, 15) is 23.1 Å². The largest absolute Gasteiger partial charge is 0.480 e. The van der Waals surface area contributed by atoms with Gasteiger partial charge < -0.3 is 20.5 Å². The SMILES string of the molecule is COc1nn(-c2ccc(C(F)(F)F)cc2)cc1CNC(=O)C1CC(O)CN1. The van der Waals surface area contributed by atoms with Crippen molar-refractivity contribution in [1.82, 2.24) is 20.4 Å². The second-order valence-corrected chi connectivity index (χ2v) is 6.22. The molecule has 0 bridgehead atoms. The second-order valence-electron chi connectivity index (χ2n) is 6.22. The molecule has 0 spiro atoms. The number of aliphatic hydroxyl groups is 1. The van der Waals surface area contributed by atoms with E-state index in [4.69, 9.17) is 4.74 Å². The number of aliphatic hydroxyl groups excluding tert-OH is 1. The lowest BCUT2D eigenvalue weighted by Gasteiger charge is -2.10. The number of benzene rings is 1. The van der Waals surface area contributed by atoms with Gasteiger partial charge in [-0.15, -0.1) is 5.10 Å². The molecule has 10 heteroatoms. The summed E-state index contributed by atoms with van der Waals surface area (Å²) in [4.78, 5) is 12.1. The molecule has 2 unspecified atom stereocenters. The molecule has 1 aliphatic rings. The number of halogens is 3. The number of carbonyl (C=O) groups is 1. The quantitative estimate of drug-likeness (QED) is 0.722. The minimum Gasteiger partial charge on any atom is -0.480 e. The Labute approximate surface area is 153 Å². The van der Waals surface area contributed by atoms with Gasteiger partial charge in [-0.2, -0.15) is 13.2 Å². The van der Waals surface area contributed by atoms with E-state index in [0.717, 1.165) is 12.1 Å². The Morgan fingerprint density at radius 1 is 1.41 bits per heavy atom. The summed E-state index contributed by atoms with van der Waals surface area (Å²) in [5, 5.41) is 19.3. The smallest absolute Gasteiger partial charge is 0.416 e. The van der Waals surface area contributed by atoms with Crippen LogP contribution in [0.5, 0.6) is 5.88 Å². The third-order valence-electron chi connectivity index (χ3n) is 4.28. The van der Waals surface area contributed by atoms with Gasteiger partial charge in [0.1, 0.15) is 0 Å². The Morgan fingerprint density at radius 2 is 2.11 bits per heavy atom. The molecule has 1 aromatic carbocycles. The first kappa shape index (κ1) is 19.2. The van der Waals surface area contributed by atoms with Gasteiger partial charge in [0.25, 0.3) is 0 Å². The van der Waals surface area contributed by atoms with Crippen LogP contribution in [0.2, 0.25) is 0 Å². The molecular formula is C17H19F3N4O3. The first-order valence-corrected chi connectivity index (χ1v) is 8.27. The van der Waals surface area contributed by atoms with E-state index in [0.29, 0.717) is 24.2 Å². The normalized spacial score (nSPS) is 19.9. The summed E-state index contributed by atoms with van der Waals surface area (Å²) >= 11 is 0. The summed E-state index contributed by atoms with van der Waals surface area (Å²) in [7, 11) is 1.42. The van der Waals surface area contributed by atoms with Gasteiger partial charge in [-0.3, -0.25) is 4.79 Å². The van der Waals surface area contributed by atoms with E-state index >= 15 is 0 Å². The monoisotopic (exact) mass is 384 g/mol. The molecule has 2 heterocycles. The third kappa shape index (κ3) is 4.40. The van der Waals surface area contributed by atoms with Crippen LogP contribution in [0.4, 0.5) is 13.2 Å². The fraction of sp³-hybridized carbons (Fsp3) is 0.412. The lowest BCUT2D eigenvalue weighted by Crippen LogP contribution is -2.40. The van der Waals surface area contributed by atoms with Crippen LogP contribution in [0.1, 0.15) is 17.5 Å². The Hall–Kier alpha value is -2.59. The minimum absolute atomic E-state index is 0.136. The highest BCUT2D eigenvalue weighted by Crippen LogP contribution is 2.30. The van der Waals surface area contributed by atoms with E-state index in [1.807, 2.05) is 0 Å². The van der Waals surface area contributed by atoms with Gasteiger partial charge in [-0.05, 0) is 30.7 Å². The number of β-amino-alcohol motifs (C(OH)–C–C–N with tert-alkyl or cyclic N) is 1. The van der Waals surface area contributed by atoms with Crippen molar-refractivity contribution in [3.8, 4) is 11.6 Å². The van der Waals surface area contributed by atoms with Crippen molar-refractivity contribution in [2.75, 3.05) is 13.7 Å². The highest BCUT2D eigenvalue weighted by molar-refractivity contribution is 5.82. The van der Waals surface area contributed by atoms with Crippen LogP contribution in [-0.2, 0) is 17.5 Å². The highest BCUT2D eigenvalue weighted by Gasteiger charge is 2.30. The standard InChI is InChI=1S/C17H19F3N4O3/c1-27-16-10(7-22-15(26)14-6-13(25)8-21-14)9-24(23-16)12-4-2-11(3-5-12)17(18,19)20/h2-5,9,13-14,21,25H,6-8H2,1H3,(H,22,26). The number of alkyl halides is 3. The average molecular weight is 384 g/mol. The van der Waals surface area contributed by atoms with E-state index in [1.54, 1.807) is 6.20 Å². The number of hydrogen-bond donors (Lipinski definition) is 3. The fourth-order valence-electron chi connectivity index (χ4n) is 2.84. The maximum absolute atomic E-state index is 12.7. The van der Waals surface area contributed by atoms with Crippen LogP contribution in [0.25, 0.3) is 5.69 Å². The minimum atomic E-state index is -4.41. The van der Waals surface area contributed by atoms with Crippen molar-refractivity contribution < 1.29 is 27.8 Å². The highest BCUT2D eigenvalue weighted by atomic mass is 19.4. The molecule has 1 saturated heterocycles. The molecule has 1 amide bonds. The molecule has 0 saturated carbocycles. The summed E-state index contributed by atoms with van der Waals surface area (Å²) in [6.45, 7) is 0.504. The van der Waals surface area contributed by atoms with Crippen LogP contribution in [-0.4, -0.2) is 46.6 Å². The molecule has 1 aliphatic heterocycles. The predicted octanol–water partition coefficient (Wildman–Crippen LogP) is 1.24. The second kappa shape index (κ2) is 7.57. The van der Waals surface area contributed by atoms with Gasteiger partial charge in [0.2, 0.25) is 11.8 Å². The summed E-state index contributed by atoms with van der Waals surface area (Å²) < 4.78 is 44.6. The maximum Gasteiger partial charge on any atom is 0.416 e. The van der Waals surface area contributed by atoms with E-state index < -0.39 is 23.9 Å². The first-order valence-electron chi connectivity index (χ1n) is 8.27. The van der Waals surface area contributed by atoms with Crippen molar-refractivity contribution in [2.45, 2.75) is 31.3 Å². The Kier molecular flexibility index (Phi) is 5.38. The van der Waals surface area contributed by atoms with Crippen molar-refractivity contribution in [3.63, 3.8) is 0 Å². The van der Waals surface area contributed by atoms with Gasteiger partial charge in [0.15, 0.2) is 0 Å². The molecular weight excluding hydrogens is 365 g/mol. The number of nitrogens with zero attached hydrogens (tertiary/aromatic N) is 2. The molecule has 3 N–H and O–H groups in total. The number of carbonyl (C=O) groups excluding carboxylic acids is 1. The van der Waals surface area contributed by atoms with Crippen LogP contribution in [0.3, 0.4) is 0 Å². The molecule has 27 heavy (non-hydrogen) atoms. The molecule has 2 atom stereocenters. The van der Waals surface area contributed by atoms with Crippen LogP contribution >= 0.6 is 0 Å². The summed E-state index contributed by atoms with van der Waals surface area (Å²) in [6.07, 6.45) is -3.03. The molecule has 3 rings (SSSR count). The van der Waals surface area contributed by atoms with Crippen molar-refractivity contribution in [3.05, 3.63) is 41.6 Å². The zero-order valence-electron chi connectivity index (χ0n) is 14.5. The summed E-state index contributed by atoms with van der Waals surface area (Å²) in [6, 6.07) is 4.10. The molecule has 1 aromatic heterocycles. The molecule has 2 aromatic rings. The molecule has 0 radical (unpaired) electrons. The van der Waals surface area contributed by atoms with Gasteiger partial charge in [0.05, 0.1) is 36.1 Å². The number of aromatic nitrogens is 2. The lowest BCUT2D eigenvalue weighted by molar-refractivity contribution is -0.137. The Balaban J connectivity index is 1.70. The summed E-state index contributed by atoms with van der Waals surface area (Å²) in [5.74, 6) is 0.00509. The molecule has 146 valence electrons. The van der Waals surface area contributed by atoms with Gasteiger partial charge in [0, 0.05) is 19.3 Å². The summed E-state index contributed by atoms with van der Waals surface area (Å²) in [5.41, 5.74) is 0.257. The zero-order valence-corrected chi connectivity index (χ0v) is 14.5. The molecule has 0 aliphatic carbocycles. The molecule has 7 nitrogen and oxygen atoms in total. The number of ether oxygens (including phenoxy) is 1. The van der Waals surface area contributed by atoms with Crippen LogP contribution in [0, 0.1) is 0 Å². The third-order valence-corrected chi connectivity index (χ3v) is 4.28. The van der Waals surface area contributed by atoms with Crippen molar-refractivity contribution >= 4 is 5.91 Å². The number of nitrogens with one attached hydrogen (secondary N) is 2. The van der Waals surface area contributed by atoms with E-state index in [-0.39, 0.29) is 18.3 Å². The number of methoxy groups -OCH3 is 1. The van der Waals surface area contributed by atoms with Crippen LogP contribution < -0.4 is 15.4 Å². The predicted molar refractivity (Wildman–Crippen MR) is 89.4 cm³/mol. The first-order chi connectivity index (χ1) is 12.8. The lowest BCUT2D eigenvalue weighted by atomic mass is 10.2. The zero-order chi connectivity index (χ0) is 19.6. The molecule has 1 fully saturated rings. The van der Waals surface area contributed by atoms with E-state index in [2.05, 4.69) is 15.7 Å². The fourth-order valence-corrected chi connectivity index (χ4v) is 2.84. The van der Waals surface area contributed by atoms with Gasteiger partial charge in [-0.25, -0.2) is 4.68 Å². The van der Waals surface area contributed by atoms with Crippen molar-refractivity contribution in [2.24, 2.45) is 0 Å². The van der Waals surface area contributed by atoms with Gasteiger partial charge in [-0.1, -0.05) is 0 Å². The van der Waals surface area contributed by atoms with Gasteiger partial charge >= 0.3 is 6.18 Å². The Bertz CT molecular complexity index is 805. The number of rotatable bonds is 5. The van der Waals surface area contributed by atoms with Crippen LogP contribution in [0.15, 0.2) is 30.5 Å². The van der Waals surface area contributed by atoms with E-state index in [1.165, 1.54) is 23.9 Å². The Morgan fingerprint density at radius 3 is 2.67 bits per heavy atom. The maximum atomic E-state index is 12.7. The topological polar surface area (TPSA) is 88.4 Å². The number of amides is 1. The number of hydrogen-bond acceptors (Lipinski definition) is 5.